The normalized spacial score (nSPS) is 9.92. The van der Waals surface area contributed by atoms with Gasteiger partial charge >= 0.3 is 0 Å². The molecule has 0 bridgehead atoms. The molecule has 0 fully saturated rings. The van der Waals surface area contributed by atoms with Crippen LogP contribution in [-0.4, -0.2) is 13.2 Å². The molecule has 2 nitrogen and oxygen atoms in total. The van der Waals surface area contributed by atoms with Crippen molar-refractivity contribution in [3.05, 3.63) is 28.5 Å². The number of benzene rings is 1. The van der Waals surface area contributed by atoms with Gasteiger partial charge in [-0.3, -0.25) is 0 Å². The third kappa shape index (κ3) is 2.46. The predicted molar refractivity (Wildman–Crippen MR) is 48.6 cm³/mol. The van der Waals surface area contributed by atoms with Gasteiger partial charge in [-0.15, -0.1) is 0 Å². The molecule has 2 N–H and O–H groups in total. The third-order valence-electron chi connectivity index (χ3n) is 1.27. The zero-order chi connectivity index (χ0) is 8.97. The molecule has 0 saturated carbocycles. The molecule has 1 rings (SSSR count). The van der Waals surface area contributed by atoms with Crippen LogP contribution in [0.1, 0.15) is 0 Å². The molecule has 0 amide bonds. The van der Waals surface area contributed by atoms with E-state index in [4.69, 9.17) is 10.5 Å². The summed E-state index contributed by atoms with van der Waals surface area (Å²) in [6.45, 7) is 0.708. The highest BCUT2D eigenvalue weighted by Crippen LogP contribution is 2.21. The molecule has 0 unspecified atom stereocenters. The molecule has 0 aliphatic rings. The lowest BCUT2D eigenvalue weighted by Crippen LogP contribution is -2.11. The van der Waals surface area contributed by atoms with E-state index in [-0.39, 0.29) is 11.6 Å². The molecule has 0 atom stereocenters. The van der Waals surface area contributed by atoms with Crippen LogP contribution in [0.4, 0.5) is 4.39 Å². The second-order valence-electron chi connectivity index (χ2n) is 2.21. The molecular formula is C8H9BrFNO. The predicted octanol–water partition coefficient (Wildman–Crippen LogP) is 1.93. The molecule has 1 aromatic rings. The number of hydrogen-bond acceptors (Lipinski definition) is 2. The van der Waals surface area contributed by atoms with Crippen molar-refractivity contribution in [3.63, 3.8) is 0 Å². The molecule has 0 radical (unpaired) electrons. The lowest BCUT2D eigenvalue weighted by atomic mass is 10.3. The molecule has 4 heteroatoms. The zero-order valence-corrected chi connectivity index (χ0v) is 7.97. The Morgan fingerprint density at radius 1 is 1.50 bits per heavy atom. The van der Waals surface area contributed by atoms with Gasteiger partial charge in [-0.1, -0.05) is 15.9 Å². The molecule has 12 heavy (non-hydrogen) atoms. The maximum absolute atomic E-state index is 12.9. The molecular weight excluding hydrogens is 225 g/mol. The van der Waals surface area contributed by atoms with Gasteiger partial charge in [-0.05, 0) is 18.2 Å². The Hall–Kier alpha value is -0.610. The highest BCUT2D eigenvalue weighted by Gasteiger charge is 2.02. The Morgan fingerprint density at radius 2 is 2.25 bits per heavy atom. The van der Waals surface area contributed by atoms with Gasteiger partial charge in [0.1, 0.15) is 6.61 Å². The summed E-state index contributed by atoms with van der Waals surface area (Å²) in [5.74, 6) is -0.138. The fraction of sp³-hybridized carbons (Fsp3) is 0.250. The van der Waals surface area contributed by atoms with Gasteiger partial charge < -0.3 is 10.5 Å². The second kappa shape index (κ2) is 4.42. The summed E-state index contributed by atoms with van der Waals surface area (Å²) < 4.78 is 18.7. The Balaban J connectivity index is 2.75. The first-order valence-electron chi connectivity index (χ1n) is 3.52. The maximum Gasteiger partial charge on any atom is 0.165 e. The highest BCUT2D eigenvalue weighted by atomic mass is 79.9. The minimum Gasteiger partial charge on any atom is -0.489 e. The first-order valence-corrected chi connectivity index (χ1v) is 4.31. The van der Waals surface area contributed by atoms with Gasteiger partial charge in [-0.2, -0.15) is 0 Å². The Labute approximate surface area is 78.6 Å². The van der Waals surface area contributed by atoms with Crippen molar-refractivity contribution in [2.75, 3.05) is 13.2 Å². The van der Waals surface area contributed by atoms with E-state index in [2.05, 4.69) is 15.9 Å². The quantitative estimate of drug-likeness (QED) is 0.867. The lowest BCUT2D eigenvalue weighted by Gasteiger charge is -2.05. The molecule has 0 saturated heterocycles. The third-order valence-corrected chi connectivity index (χ3v) is 1.76. The zero-order valence-electron chi connectivity index (χ0n) is 6.39. The summed E-state index contributed by atoms with van der Waals surface area (Å²) in [5, 5.41) is 0. The van der Waals surface area contributed by atoms with Crippen LogP contribution in [0.15, 0.2) is 22.7 Å². The van der Waals surface area contributed by atoms with E-state index in [0.717, 1.165) is 4.47 Å². The number of ether oxygens (including phenoxy) is 1. The first-order chi connectivity index (χ1) is 5.74. The average molecular weight is 234 g/mol. The second-order valence-corrected chi connectivity index (χ2v) is 3.13. The molecule has 0 aliphatic carbocycles. The van der Waals surface area contributed by atoms with E-state index in [1.165, 1.54) is 6.07 Å². The summed E-state index contributed by atoms with van der Waals surface area (Å²) in [4.78, 5) is 0. The largest absolute Gasteiger partial charge is 0.489 e. The van der Waals surface area contributed by atoms with E-state index in [0.29, 0.717) is 13.2 Å². The van der Waals surface area contributed by atoms with Gasteiger partial charge in [0.05, 0.1) is 0 Å². The topological polar surface area (TPSA) is 35.2 Å². The van der Waals surface area contributed by atoms with Crippen LogP contribution >= 0.6 is 15.9 Å². The Kier molecular flexibility index (Phi) is 3.49. The van der Waals surface area contributed by atoms with Crippen LogP contribution in [0.3, 0.4) is 0 Å². The number of nitrogens with two attached hydrogens (primary N) is 1. The van der Waals surface area contributed by atoms with Crippen LogP contribution < -0.4 is 10.5 Å². The first kappa shape index (κ1) is 9.48. The van der Waals surface area contributed by atoms with Gasteiger partial charge in [0.25, 0.3) is 0 Å². The van der Waals surface area contributed by atoms with Crippen LogP contribution in [-0.2, 0) is 0 Å². The summed E-state index contributed by atoms with van der Waals surface area (Å²) >= 11 is 3.21. The van der Waals surface area contributed by atoms with Crippen molar-refractivity contribution in [2.24, 2.45) is 5.73 Å². The van der Waals surface area contributed by atoms with Crippen molar-refractivity contribution >= 4 is 15.9 Å². The van der Waals surface area contributed by atoms with Crippen molar-refractivity contribution in [3.8, 4) is 5.75 Å². The molecule has 0 aliphatic heterocycles. The minimum atomic E-state index is -0.369. The molecule has 0 aromatic heterocycles. The van der Waals surface area contributed by atoms with E-state index < -0.39 is 0 Å². The minimum absolute atomic E-state index is 0.231. The smallest absolute Gasteiger partial charge is 0.165 e. The fourth-order valence-corrected chi connectivity index (χ4v) is 1.10. The van der Waals surface area contributed by atoms with Crippen molar-refractivity contribution in [1.82, 2.24) is 0 Å². The SMILES string of the molecule is NCCOc1cc(Br)ccc1F. The van der Waals surface area contributed by atoms with E-state index in [1.807, 2.05) is 0 Å². The number of halogens is 2. The standard InChI is InChI=1S/C8H9BrFNO/c9-6-1-2-7(10)8(5-6)12-4-3-11/h1-2,5H,3-4,11H2. The number of hydrogen-bond donors (Lipinski definition) is 1. The average Bonchev–Trinajstić information content (AvgIpc) is 2.07. The highest BCUT2D eigenvalue weighted by molar-refractivity contribution is 9.10. The van der Waals surface area contributed by atoms with Crippen molar-refractivity contribution in [2.45, 2.75) is 0 Å². The van der Waals surface area contributed by atoms with Crippen molar-refractivity contribution in [1.29, 1.82) is 0 Å². The van der Waals surface area contributed by atoms with E-state index in [9.17, 15) is 4.39 Å². The Morgan fingerprint density at radius 3 is 2.92 bits per heavy atom. The maximum atomic E-state index is 12.9. The van der Waals surface area contributed by atoms with Crippen LogP contribution in [0.2, 0.25) is 0 Å². The molecule has 0 heterocycles. The van der Waals surface area contributed by atoms with Gasteiger partial charge in [-0.25, -0.2) is 4.39 Å². The Bertz CT molecular complexity index is 267. The summed E-state index contributed by atoms with van der Waals surface area (Å²) in [6.07, 6.45) is 0. The van der Waals surface area contributed by atoms with Gasteiger partial charge in [0, 0.05) is 11.0 Å². The van der Waals surface area contributed by atoms with Crippen LogP contribution in [0.5, 0.6) is 5.75 Å². The van der Waals surface area contributed by atoms with E-state index in [1.54, 1.807) is 12.1 Å². The molecule has 66 valence electrons. The monoisotopic (exact) mass is 233 g/mol. The van der Waals surface area contributed by atoms with Gasteiger partial charge in [0.15, 0.2) is 11.6 Å². The van der Waals surface area contributed by atoms with E-state index >= 15 is 0 Å². The van der Waals surface area contributed by atoms with Gasteiger partial charge in [0.2, 0.25) is 0 Å². The summed E-state index contributed by atoms with van der Waals surface area (Å²) in [7, 11) is 0. The molecule has 0 spiro atoms. The summed E-state index contributed by atoms with van der Waals surface area (Å²) in [5.41, 5.74) is 5.21. The van der Waals surface area contributed by atoms with Crippen LogP contribution in [0.25, 0.3) is 0 Å². The van der Waals surface area contributed by atoms with Crippen molar-refractivity contribution < 1.29 is 9.13 Å². The number of rotatable bonds is 3. The van der Waals surface area contributed by atoms with Crippen LogP contribution in [0, 0.1) is 5.82 Å². The lowest BCUT2D eigenvalue weighted by molar-refractivity contribution is 0.311. The fourth-order valence-electron chi connectivity index (χ4n) is 0.757. The summed E-state index contributed by atoms with van der Waals surface area (Å²) in [6, 6.07) is 4.53. The molecule has 1 aromatic carbocycles.